The van der Waals surface area contributed by atoms with Gasteiger partial charge in [0.15, 0.2) is 0 Å². The summed E-state index contributed by atoms with van der Waals surface area (Å²) in [6, 6.07) is 8.01. The van der Waals surface area contributed by atoms with Crippen molar-refractivity contribution in [2.45, 2.75) is 26.4 Å². The highest BCUT2D eigenvalue weighted by Crippen LogP contribution is 2.60. The first kappa shape index (κ1) is 17.3. The summed E-state index contributed by atoms with van der Waals surface area (Å²) in [5.41, 5.74) is 3.13. The molecule has 2 aliphatic carbocycles. The Morgan fingerprint density at radius 2 is 2.04 bits per heavy atom. The molecule has 0 bridgehead atoms. The predicted octanol–water partition coefficient (Wildman–Crippen LogP) is 5.84. The average Bonchev–Trinajstić information content (AvgIpc) is 2.87. The zero-order chi connectivity index (χ0) is 17.5. The maximum atomic E-state index is 12.7. The van der Waals surface area contributed by atoms with Crippen LogP contribution in [0.4, 0.5) is 0 Å². The smallest absolute Gasteiger partial charge is 0.311 e. The molecule has 24 heavy (non-hydrogen) atoms. The molecule has 2 aliphatic rings. The fraction of sp³-hybridized carbons (Fsp3) is 0.350. The normalized spacial score (nSPS) is 26.2. The van der Waals surface area contributed by atoms with E-state index in [0.29, 0.717) is 0 Å². The predicted molar refractivity (Wildman–Crippen MR) is 98.6 cm³/mol. The molecule has 3 rings (SSSR count). The molecule has 0 N–H and O–H groups in total. The van der Waals surface area contributed by atoms with Crippen molar-refractivity contribution in [2.24, 2.45) is 17.3 Å². The van der Waals surface area contributed by atoms with Crippen molar-refractivity contribution in [1.29, 1.82) is 0 Å². The van der Waals surface area contributed by atoms with E-state index in [1.807, 2.05) is 44.2 Å². The molecule has 0 amide bonds. The van der Waals surface area contributed by atoms with E-state index in [0.717, 1.165) is 23.1 Å². The summed E-state index contributed by atoms with van der Waals surface area (Å²) in [7, 11) is 0. The lowest BCUT2D eigenvalue weighted by molar-refractivity contribution is -0.149. The molecule has 1 aromatic rings. The van der Waals surface area contributed by atoms with Gasteiger partial charge in [0.2, 0.25) is 0 Å². The van der Waals surface area contributed by atoms with Crippen molar-refractivity contribution >= 4 is 34.7 Å². The highest BCUT2D eigenvalue weighted by Gasteiger charge is 2.62. The molecule has 0 saturated heterocycles. The van der Waals surface area contributed by atoms with E-state index in [4.69, 9.17) is 27.9 Å². The van der Waals surface area contributed by atoms with Crippen molar-refractivity contribution in [3.8, 4) is 0 Å². The van der Waals surface area contributed by atoms with Gasteiger partial charge in [0.25, 0.3) is 0 Å². The summed E-state index contributed by atoms with van der Waals surface area (Å²) in [5, 5.41) is 0. The van der Waals surface area contributed by atoms with Crippen molar-refractivity contribution in [3.05, 3.63) is 64.7 Å². The summed E-state index contributed by atoms with van der Waals surface area (Å²) in [6.45, 7) is 7.85. The Balaban J connectivity index is 1.78. The van der Waals surface area contributed by atoms with E-state index in [-0.39, 0.29) is 33.8 Å². The average molecular weight is 363 g/mol. The lowest BCUT2D eigenvalue weighted by Gasteiger charge is -2.13. The molecular weight excluding hydrogens is 343 g/mol. The number of carbonyl (C=O) groups is 1. The minimum atomic E-state index is -0.337. The van der Waals surface area contributed by atoms with Crippen LogP contribution in [0, 0.1) is 17.3 Å². The highest BCUT2D eigenvalue weighted by atomic mass is 35.5. The largest absolute Gasteiger partial charge is 0.453 e. The second kappa shape index (κ2) is 6.42. The van der Waals surface area contributed by atoms with Gasteiger partial charge in [-0.1, -0.05) is 67.4 Å². The third-order valence-corrected chi connectivity index (χ3v) is 5.30. The van der Waals surface area contributed by atoms with Gasteiger partial charge in [0, 0.05) is 5.56 Å². The Kier molecular flexibility index (Phi) is 4.63. The summed E-state index contributed by atoms with van der Waals surface area (Å²) in [5.74, 6) is -0.399. The van der Waals surface area contributed by atoms with Crippen LogP contribution in [0.25, 0.3) is 5.57 Å². The minimum absolute atomic E-state index is 0.0169. The maximum Gasteiger partial charge on any atom is 0.311 e. The molecule has 0 radical (unpaired) electrons. The molecule has 126 valence electrons. The zero-order valence-electron chi connectivity index (χ0n) is 13.8. The van der Waals surface area contributed by atoms with Gasteiger partial charge < -0.3 is 4.74 Å². The molecule has 0 spiro atoms. The number of hydrogen-bond acceptors (Lipinski definition) is 2. The van der Waals surface area contributed by atoms with Crippen molar-refractivity contribution < 1.29 is 9.53 Å². The van der Waals surface area contributed by atoms with Gasteiger partial charge in [0.1, 0.15) is 10.6 Å². The monoisotopic (exact) mass is 362 g/mol. The van der Waals surface area contributed by atoms with Gasteiger partial charge in [-0.15, -0.1) is 6.58 Å². The topological polar surface area (TPSA) is 26.3 Å². The Hall–Kier alpha value is -1.51. The Morgan fingerprint density at radius 3 is 2.71 bits per heavy atom. The summed E-state index contributed by atoms with van der Waals surface area (Å²) < 4.78 is 6.02. The first-order valence-electron chi connectivity index (χ1n) is 8.00. The van der Waals surface area contributed by atoms with Gasteiger partial charge >= 0.3 is 5.97 Å². The second-order valence-corrected chi connectivity index (χ2v) is 7.92. The number of benzene rings is 1. The third kappa shape index (κ3) is 3.05. The van der Waals surface area contributed by atoms with Crippen LogP contribution in [0.15, 0.2) is 53.6 Å². The highest BCUT2D eigenvalue weighted by molar-refractivity contribution is 6.55. The van der Waals surface area contributed by atoms with Gasteiger partial charge in [-0.2, -0.15) is 0 Å². The number of rotatable bonds is 5. The summed E-state index contributed by atoms with van der Waals surface area (Å²) >= 11 is 11.5. The van der Waals surface area contributed by atoms with E-state index in [9.17, 15) is 4.79 Å². The van der Waals surface area contributed by atoms with E-state index >= 15 is 0 Å². The van der Waals surface area contributed by atoms with E-state index in [1.165, 1.54) is 0 Å². The van der Waals surface area contributed by atoms with Gasteiger partial charge in [-0.3, -0.25) is 4.79 Å². The number of ether oxygens (including phenoxy) is 1. The summed E-state index contributed by atoms with van der Waals surface area (Å²) in [6.07, 6.45) is 6.03. The first-order valence-corrected chi connectivity index (χ1v) is 8.76. The molecule has 1 fully saturated rings. The molecule has 0 aromatic heterocycles. The van der Waals surface area contributed by atoms with Gasteiger partial charge in [-0.25, -0.2) is 0 Å². The van der Waals surface area contributed by atoms with Crippen LogP contribution >= 0.6 is 23.2 Å². The van der Waals surface area contributed by atoms with Gasteiger partial charge in [0.05, 0.1) is 5.92 Å². The number of esters is 1. The lowest BCUT2D eigenvalue weighted by Crippen LogP contribution is -2.13. The van der Waals surface area contributed by atoms with Crippen LogP contribution in [-0.2, 0) is 9.53 Å². The van der Waals surface area contributed by atoms with Crippen LogP contribution in [0.5, 0.6) is 0 Å². The SMILES string of the molecule is C=CCC1=CC(OC(=O)C2C(C=C(Cl)Cl)C2(C)C)c2ccccc21. The molecule has 1 saturated carbocycles. The lowest BCUT2D eigenvalue weighted by atomic mass is 10.0. The van der Waals surface area contributed by atoms with Gasteiger partial charge in [-0.05, 0) is 41.0 Å². The number of fused-ring (bicyclic) bond motifs is 1. The Bertz CT molecular complexity index is 742. The molecule has 0 heterocycles. The maximum absolute atomic E-state index is 12.7. The first-order chi connectivity index (χ1) is 11.4. The molecular formula is C20H20Cl2O2. The standard InChI is InChI=1S/C20H20Cl2O2/c1-4-7-12-10-16(14-9-6-5-8-13(12)14)24-19(23)18-15(11-17(21)22)20(18,2)3/h4-6,8-11,15-16,18H,1,7H2,2-3H3. The zero-order valence-corrected chi connectivity index (χ0v) is 15.3. The summed E-state index contributed by atoms with van der Waals surface area (Å²) in [4.78, 5) is 12.7. The van der Waals surface area contributed by atoms with Crippen LogP contribution in [0.2, 0.25) is 0 Å². The van der Waals surface area contributed by atoms with Crippen molar-refractivity contribution in [3.63, 3.8) is 0 Å². The van der Waals surface area contributed by atoms with Crippen LogP contribution in [0.1, 0.15) is 37.5 Å². The molecule has 4 heteroatoms. The fourth-order valence-electron chi connectivity index (χ4n) is 3.60. The molecule has 0 aliphatic heterocycles. The molecule has 3 unspecified atom stereocenters. The molecule has 2 nitrogen and oxygen atoms in total. The van der Waals surface area contributed by atoms with Crippen LogP contribution in [-0.4, -0.2) is 5.97 Å². The minimum Gasteiger partial charge on any atom is -0.453 e. The number of allylic oxidation sites excluding steroid dienone is 3. The van der Waals surface area contributed by atoms with Crippen LogP contribution < -0.4 is 0 Å². The van der Waals surface area contributed by atoms with Crippen molar-refractivity contribution in [1.82, 2.24) is 0 Å². The Labute approximate surface area is 152 Å². The van der Waals surface area contributed by atoms with Crippen molar-refractivity contribution in [2.75, 3.05) is 0 Å². The van der Waals surface area contributed by atoms with E-state index in [1.54, 1.807) is 6.08 Å². The van der Waals surface area contributed by atoms with Crippen LogP contribution in [0.3, 0.4) is 0 Å². The third-order valence-electron chi connectivity index (χ3n) is 5.04. The number of halogens is 2. The quantitative estimate of drug-likeness (QED) is 0.486. The van der Waals surface area contributed by atoms with E-state index < -0.39 is 0 Å². The molecule has 1 aromatic carbocycles. The van der Waals surface area contributed by atoms with E-state index in [2.05, 4.69) is 12.6 Å². The molecule has 3 atom stereocenters. The number of carbonyl (C=O) groups excluding carboxylic acids is 1. The Morgan fingerprint density at radius 1 is 1.33 bits per heavy atom. The second-order valence-electron chi connectivity index (χ2n) is 6.91. The number of hydrogen-bond donors (Lipinski definition) is 0. The fourth-order valence-corrected chi connectivity index (χ4v) is 3.88.